The summed E-state index contributed by atoms with van der Waals surface area (Å²) in [5.74, 6) is -3.33. The molecule has 1 aliphatic carbocycles. The highest BCUT2D eigenvalue weighted by Crippen LogP contribution is 2.61. The second-order valence-corrected chi connectivity index (χ2v) is 15.0. The zero-order valence-electron chi connectivity index (χ0n) is 32.8. The lowest BCUT2D eigenvalue weighted by atomic mass is 9.85. The van der Waals surface area contributed by atoms with Gasteiger partial charge < -0.3 is 72.9 Å². The van der Waals surface area contributed by atoms with E-state index in [1.807, 2.05) is 6.07 Å². The third-order valence-electron chi connectivity index (χ3n) is 11.2. The lowest BCUT2D eigenvalue weighted by molar-refractivity contribution is -0.347. The standard InChI is InChI=1S/C42H48O18/c1-21-34(56-28(46)15-11-23-7-5-4-6-8-23)36(57-29(47)16-12-24-9-13-25(51-3)14-10-24)37(54-22(2)45)41(53-21)58-35-26-17-18-52-39(30(26)42(20-44)38(35)60-42)59-40-33(50)32(49)31(48)27(19-43)55-40/h4-18,21,26-27,30-41,43-44,48-50H,19-20H2,1-3H3. The minimum absolute atomic E-state index is 0.533. The minimum Gasteiger partial charge on any atom is -0.497 e. The molecule has 5 N–H and O–H groups in total. The summed E-state index contributed by atoms with van der Waals surface area (Å²) in [5, 5.41) is 51.7. The first-order valence-corrected chi connectivity index (χ1v) is 19.4. The Morgan fingerprint density at radius 2 is 1.42 bits per heavy atom. The van der Waals surface area contributed by atoms with Gasteiger partial charge in [0.2, 0.25) is 6.29 Å². The Balaban J connectivity index is 1.14. The number of hydrogen-bond donors (Lipinski definition) is 5. The Bertz CT molecular complexity index is 1900. The molecule has 0 amide bonds. The third kappa shape index (κ3) is 8.99. The van der Waals surface area contributed by atoms with Crippen molar-refractivity contribution in [2.45, 2.75) is 99.4 Å². The van der Waals surface area contributed by atoms with Crippen LogP contribution in [0.4, 0.5) is 0 Å². The Hall–Kier alpha value is -4.73. The summed E-state index contributed by atoms with van der Waals surface area (Å²) in [7, 11) is 1.53. The van der Waals surface area contributed by atoms with Crippen LogP contribution in [0.25, 0.3) is 12.2 Å². The van der Waals surface area contributed by atoms with Gasteiger partial charge >= 0.3 is 17.9 Å². The number of rotatable bonds is 14. The molecule has 0 aromatic heterocycles. The second-order valence-electron chi connectivity index (χ2n) is 15.0. The number of benzene rings is 2. The predicted molar refractivity (Wildman–Crippen MR) is 203 cm³/mol. The van der Waals surface area contributed by atoms with Crippen LogP contribution in [-0.4, -0.2) is 149 Å². The van der Waals surface area contributed by atoms with Crippen LogP contribution in [0.3, 0.4) is 0 Å². The molecule has 16 unspecified atom stereocenters. The molecule has 18 nitrogen and oxygen atoms in total. The first-order valence-electron chi connectivity index (χ1n) is 19.4. The van der Waals surface area contributed by atoms with E-state index in [1.54, 1.807) is 67.6 Å². The van der Waals surface area contributed by atoms with Gasteiger partial charge in [-0.3, -0.25) is 4.79 Å². The molecular weight excluding hydrogens is 792 g/mol. The largest absolute Gasteiger partial charge is 0.497 e. The Morgan fingerprint density at radius 3 is 2.05 bits per heavy atom. The number of epoxide rings is 1. The van der Waals surface area contributed by atoms with Crippen molar-refractivity contribution in [1.82, 2.24) is 0 Å². The molecule has 0 spiro atoms. The van der Waals surface area contributed by atoms with Crippen molar-refractivity contribution < 1.29 is 87.3 Å². The van der Waals surface area contributed by atoms with Crippen LogP contribution in [0.5, 0.6) is 5.75 Å². The number of carbonyl (C=O) groups excluding carboxylic acids is 3. The fourth-order valence-corrected chi connectivity index (χ4v) is 8.12. The van der Waals surface area contributed by atoms with E-state index < -0.39 is 128 Å². The van der Waals surface area contributed by atoms with Crippen LogP contribution in [0, 0.1) is 11.8 Å². The molecule has 0 radical (unpaired) electrons. The van der Waals surface area contributed by atoms with Gasteiger partial charge in [-0.2, -0.15) is 0 Å². The zero-order valence-corrected chi connectivity index (χ0v) is 32.8. The number of fused-ring (bicyclic) bond motifs is 3. The van der Waals surface area contributed by atoms with E-state index in [1.165, 1.54) is 25.5 Å². The van der Waals surface area contributed by atoms with Crippen LogP contribution in [0.1, 0.15) is 25.0 Å². The Labute approximate surface area is 344 Å². The van der Waals surface area contributed by atoms with Crippen molar-refractivity contribution in [1.29, 1.82) is 0 Å². The fourth-order valence-electron chi connectivity index (χ4n) is 8.12. The molecule has 4 aliphatic heterocycles. The molecule has 18 heteroatoms. The van der Waals surface area contributed by atoms with Gasteiger partial charge in [-0.1, -0.05) is 42.5 Å². The molecule has 324 valence electrons. The van der Waals surface area contributed by atoms with Crippen LogP contribution in [0.2, 0.25) is 0 Å². The van der Waals surface area contributed by atoms with E-state index in [4.69, 9.17) is 47.4 Å². The first kappa shape index (κ1) is 43.4. The van der Waals surface area contributed by atoms with Crippen molar-refractivity contribution in [3.63, 3.8) is 0 Å². The van der Waals surface area contributed by atoms with E-state index in [2.05, 4.69) is 0 Å². The fraction of sp³-hybridized carbons (Fsp3) is 0.500. The molecule has 2 aromatic carbocycles. The van der Waals surface area contributed by atoms with Gasteiger partial charge in [0.1, 0.15) is 41.9 Å². The van der Waals surface area contributed by atoms with Gasteiger partial charge in [0.05, 0.1) is 44.7 Å². The number of methoxy groups -OCH3 is 1. The van der Waals surface area contributed by atoms with E-state index in [0.29, 0.717) is 11.3 Å². The highest BCUT2D eigenvalue weighted by Gasteiger charge is 2.77. The third-order valence-corrected chi connectivity index (χ3v) is 11.2. The van der Waals surface area contributed by atoms with Gasteiger partial charge in [0.25, 0.3) is 0 Å². The highest BCUT2D eigenvalue weighted by atomic mass is 16.8. The SMILES string of the molecule is COc1ccc(C=CC(=O)OC2C(OC(=O)C=Cc3ccccc3)C(C)OC(OC3C4C=COC(OC5OC(CO)C(O)C(O)C5O)C4C4(CO)OC34)C2OC(C)=O)cc1. The van der Waals surface area contributed by atoms with Crippen LogP contribution in [0.15, 0.2) is 79.1 Å². The molecule has 7 rings (SSSR count). The predicted octanol–water partition coefficient (Wildman–Crippen LogP) is 0.370. The zero-order chi connectivity index (χ0) is 42.7. The number of hydrogen-bond acceptors (Lipinski definition) is 18. The summed E-state index contributed by atoms with van der Waals surface area (Å²) in [4.78, 5) is 39.5. The minimum atomic E-state index is -1.74. The first-order chi connectivity index (χ1) is 28.9. The molecule has 1 saturated carbocycles. The summed E-state index contributed by atoms with van der Waals surface area (Å²) in [5.41, 5.74) is 0.0578. The summed E-state index contributed by atoms with van der Waals surface area (Å²) in [6.07, 6.45) is -9.38. The monoisotopic (exact) mass is 840 g/mol. The summed E-state index contributed by atoms with van der Waals surface area (Å²) in [6.45, 7) is 1.48. The molecule has 4 fully saturated rings. The maximum atomic E-state index is 13.5. The van der Waals surface area contributed by atoms with Crippen LogP contribution < -0.4 is 4.74 Å². The molecule has 0 bridgehead atoms. The summed E-state index contributed by atoms with van der Waals surface area (Å²) >= 11 is 0. The number of esters is 3. The molecular formula is C42H48O18. The number of carbonyl (C=O) groups is 3. The average Bonchev–Trinajstić information content (AvgIpc) is 3.92. The van der Waals surface area contributed by atoms with Crippen LogP contribution >= 0.6 is 0 Å². The van der Waals surface area contributed by atoms with E-state index in [9.17, 15) is 39.9 Å². The second kappa shape index (κ2) is 18.5. The molecule has 16 atom stereocenters. The smallest absolute Gasteiger partial charge is 0.331 e. The number of aliphatic hydroxyl groups excluding tert-OH is 5. The lowest BCUT2D eigenvalue weighted by Gasteiger charge is -2.45. The van der Waals surface area contributed by atoms with E-state index >= 15 is 0 Å². The van der Waals surface area contributed by atoms with Gasteiger partial charge in [-0.05, 0) is 48.4 Å². The van der Waals surface area contributed by atoms with Crippen LogP contribution in [-0.2, 0) is 57.0 Å². The van der Waals surface area contributed by atoms with Crippen molar-refractivity contribution in [2.75, 3.05) is 20.3 Å². The lowest BCUT2D eigenvalue weighted by Crippen LogP contribution is -2.62. The maximum absolute atomic E-state index is 13.5. The highest BCUT2D eigenvalue weighted by molar-refractivity contribution is 5.88. The Kier molecular flexibility index (Phi) is 13.4. The molecule has 2 aromatic rings. The topological polar surface area (TPSA) is 248 Å². The molecule has 4 heterocycles. The van der Waals surface area contributed by atoms with Gasteiger partial charge in [0, 0.05) is 25.0 Å². The summed E-state index contributed by atoms with van der Waals surface area (Å²) in [6, 6.07) is 15.9. The Morgan fingerprint density at radius 1 is 0.750 bits per heavy atom. The molecule has 5 aliphatic rings. The quantitative estimate of drug-likeness (QED) is 0.0746. The van der Waals surface area contributed by atoms with Crippen molar-refractivity contribution in [3.8, 4) is 5.75 Å². The van der Waals surface area contributed by atoms with Crippen molar-refractivity contribution >= 4 is 30.1 Å². The van der Waals surface area contributed by atoms with Gasteiger partial charge in [-0.15, -0.1) is 0 Å². The van der Waals surface area contributed by atoms with Gasteiger partial charge in [-0.25, -0.2) is 9.59 Å². The number of aliphatic hydroxyl groups is 5. The van der Waals surface area contributed by atoms with E-state index in [-0.39, 0.29) is 0 Å². The summed E-state index contributed by atoms with van der Waals surface area (Å²) < 4.78 is 58.9. The molecule has 60 heavy (non-hydrogen) atoms. The normalized spacial score (nSPS) is 38.1. The van der Waals surface area contributed by atoms with Crippen molar-refractivity contribution in [3.05, 3.63) is 90.2 Å². The van der Waals surface area contributed by atoms with Crippen molar-refractivity contribution in [2.24, 2.45) is 11.8 Å². The van der Waals surface area contributed by atoms with Gasteiger partial charge in [0.15, 0.2) is 30.9 Å². The number of ether oxygens (including phenoxy) is 10. The maximum Gasteiger partial charge on any atom is 0.331 e. The molecule has 3 saturated heterocycles. The average molecular weight is 841 g/mol. The van der Waals surface area contributed by atoms with E-state index in [0.717, 1.165) is 18.6 Å².